The maximum absolute atomic E-state index is 12.9. The molecule has 1 unspecified atom stereocenters. The molecule has 2 rings (SSSR count). The van der Waals surface area contributed by atoms with Gasteiger partial charge in [0.25, 0.3) is 0 Å². The van der Waals surface area contributed by atoms with E-state index in [4.69, 9.17) is 23.8 Å². The smallest absolute Gasteiger partial charge is 0.170 e. The summed E-state index contributed by atoms with van der Waals surface area (Å²) in [6, 6.07) is 7.55. The van der Waals surface area contributed by atoms with E-state index in [9.17, 15) is 4.79 Å². The number of nitrogens with zero attached hydrogens (tertiary/aromatic N) is 1. The van der Waals surface area contributed by atoms with Crippen molar-refractivity contribution in [1.29, 1.82) is 0 Å². The molecule has 1 aromatic carbocycles. The van der Waals surface area contributed by atoms with Gasteiger partial charge in [-0.3, -0.25) is 4.79 Å². The predicted octanol–water partition coefficient (Wildman–Crippen LogP) is 3.67. The van der Waals surface area contributed by atoms with Crippen LogP contribution in [0.15, 0.2) is 36.9 Å². The van der Waals surface area contributed by atoms with Gasteiger partial charge in [0.1, 0.15) is 5.54 Å². The van der Waals surface area contributed by atoms with Crippen molar-refractivity contribution in [3.63, 3.8) is 0 Å². The minimum Gasteiger partial charge on any atom is -0.359 e. The number of Topliss-reactive ketones (excluding diaryl/α,β-unsaturated/α-hetero) is 1. The summed E-state index contributed by atoms with van der Waals surface area (Å²) in [4.78, 5) is 14.8. The number of carbonyl (C=O) groups excluding carboxylic acids is 1. The van der Waals surface area contributed by atoms with Gasteiger partial charge in [0, 0.05) is 30.6 Å². The van der Waals surface area contributed by atoms with E-state index in [0.29, 0.717) is 23.1 Å². The Morgan fingerprint density at radius 2 is 2.23 bits per heavy atom. The Morgan fingerprint density at radius 1 is 1.50 bits per heavy atom. The molecule has 1 aliphatic rings. The lowest BCUT2D eigenvalue weighted by Crippen LogP contribution is -2.56. The second-order valence-corrected chi connectivity index (χ2v) is 6.30. The number of hydrogen-bond donors (Lipinski definition) is 1. The van der Waals surface area contributed by atoms with E-state index in [1.807, 2.05) is 36.2 Å². The Kier molecular flexibility index (Phi) is 5.59. The Bertz CT molecular complexity index is 590. The maximum Gasteiger partial charge on any atom is 0.170 e. The zero-order valence-electron chi connectivity index (χ0n) is 12.8. The van der Waals surface area contributed by atoms with Crippen LogP contribution in [0, 0.1) is 0 Å². The number of halogens is 1. The van der Waals surface area contributed by atoms with Crippen LogP contribution in [0.5, 0.6) is 0 Å². The molecule has 1 N–H and O–H groups in total. The van der Waals surface area contributed by atoms with Crippen molar-refractivity contribution in [3.05, 3.63) is 47.5 Å². The van der Waals surface area contributed by atoms with Gasteiger partial charge >= 0.3 is 0 Å². The summed E-state index contributed by atoms with van der Waals surface area (Å²) in [5.41, 5.74) is 0.0635. The van der Waals surface area contributed by atoms with E-state index in [-0.39, 0.29) is 5.78 Å². The standard InChI is InChI=1S/C17H21ClN2OS/c1-3-12-19-16(22)20(2)17(11-7-6-10-15(17)21)13-8-4-5-9-14(13)18/h3-5,8-9H,1,6-7,10-12H2,2H3,(H,19,22). The second kappa shape index (κ2) is 7.25. The number of ketones is 1. The van der Waals surface area contributed by atoms with Crippen LogP contribution in [0.25, 0.3) is 0 Å². The van der Waals surface area contributed by atoms with E-state index < -0.39 is 5.54 Å². The van der Waals surface area contributed by atoms with Crippen molar-refractivity contribution < 1.29 is 4.79 Å². The molecule has 0 saturated heterocycles. The molecule has 5 heteroatoms. The fourth-order valence-electron chi connectivity index (χ4n) is 3.08. The Morgan fingerprint density at radius 3 is 2.86 bits per heavy atom. The maximum atomic E-state index is 12.9. The number of hydrogen-bond acceptors (Lipinski definition) is 2. The van der Waals surface area contributed by atoms with Crippen LogP contribution < -0.4 is 5.32 Å². The van der Waals surface area contributed by atoms with Gasteiger partial charge in [-0.15, -0.1) is 6.58 Å². The van der Waals surface area contributed by atoms with Crippen LogP contribution in [0.1, 0.15) is 31.2 Å². The fourth-order valence-corrected chi connectivity index (χ4v) is 3.61. The minimum atomic E-state index is -0.776. The molecule has 1 aliphatic carbocycles. The van der Waals surface area contributed by atoms with Gasteiger partial charge in [0.15, 0.2) is 10.9 Å². The van der Waals surface area contributed by atoms with Crippen LogP contribution in [0.4, 0.5) is 0 Å². The van der Waals surface area contributed by atoms with Crippen LogP contribution >= 0.6 is 23.8 Å². The molecule has 0 bridgehead atoms. The molecule has 1 saturated carbocycles. The first-order valence-corrected chi connectivity index (χ1v) is 8.23. The summed E-state index contributed by atoms with van der Waals surface area (Å²) >= 11 is 11.9. The highest BCUT2D eigenvalue weighted by Crippen LogP contribution is 2.42. The second-order valence-electron chi connectivity index (χ2n) is 5.50. The van der Waals surface area contributed by atoms with Crippen LogP contribution in [-0.4, -0.2) is 29.4 Å². The van der Waals surface area contributed by atoms with Gasteiger partial charge in [-0.2, -0.15) is 0 Å². The van der Waals surface area contributed by atoms with Crippen molar-refractivity contribution in [2.24, 2.45) is 0 Å². The molecule has 22 heavy (non-hydrogen) atoms. The van der Waals surface area contributed by atoms with E-state index in [0.717, 1.165) is 24.8 Å². The Labute approximate surface area is 142 Å². The number of likely N-dealkylation sites (N-methyl/N-ethyl adjacent to an activating group) is 1. The van der Waals surface area contributed by atoms with Crippen molar-refractivity contribution in [2.75, 3.05) is 13.6 Å². The molecule has 0 aromatic heterocycles. The zero-order chi connectivity index (χ0) is 16.2. The number of thiocarbonyl (C=S) groups is 1. The molecular formula is C17H21ClN2OS. The Hall–Kier alpha value is -1.39. The SMILES string of the molecule is C=CCNC(=S)N(C)C1(c2ccccc2Cl)CCCCC1=O. The predicted molar refractivity (Wildman–Crippen MR) is 95.2 cm³/mol. The highest BCUT2D eigenvalue weighted by molar-refractivity contribution is 7.80. The number of rotatable bonds is 4. The zero-order valence-corrected chi connectivity index (χ0v) is 14.3. The van der Waals surface area contributed by atoms with Gasteiger partial charge in [-0.05, 0) is 37.5 Å². The van der Waals surface area contributed by atoms with E-state index >= 15 is 0 Å². The Balaban J connectivity index is 2.47. The summed E-state index contributed by atoms with van der Waals surface area (Å²) in [5.74, 6) is 0.178. The molecule has 0 heterocycles. The molecule has 3 nitrogen and oxygen atoms in total. The highest BCUT2D eigenvalue weighted by atomic mass is 35.5. The first-order valence-electron chi connectivity index (χ1n) is 7.45. The van der Waals surface area contributed by atoms with Gasteiger partial charge in [0.2, 0.25) is 0 Å². The highest BCUT2D eigenvalue weighted by Gasteiger charge is 2.46. The molecule has 1 atom stereocenters. The molecule has 0 amide bonds. The lowest BCUT2D eigenvalue weighted by atomic mass is 9.74. The lowest BCUT2D eigenvalue weighted by Gasteiger charge is -2.45. The van der Waals surface area contributed by atoms with Crippen LogP contribution in [0.2, 0.25) is 5.02 Å². The summed E-state index contributed by atoms with van der Waals surface area (Å²) in [6.07, 6.45) is 4.92. The first kappa shape index (κ1) is 17.0. The van der Waals surface area contributed by atoms with E-state index in [1.54, 1.807) is 6.08 Å². The van der Waals surface area contributed by atoms with Gasteiger partial charge in [0.05, 0.1) is 0 Å². The summed E-state index contributed by atoms with van der Waals surface area (Å²) < 4.78 is 0. The number of nitrogens with one attached hydrogen (secondary N) is 1. The average molecular weight is 337 g/mol. The minimum absolute atomic E-state index is 0.178. The van der Waals surface area contributed by atoms with Crippen LogP contribution in [0.3, 0.4) is 0 Å². The fraction of sp³-hybridized carbons (Fsp3) is 0.412. The van der Waals surface area contributed by atoms with Crippen molar-refractivity contribution >= 4 is 34.7 Å². The van der Waals surface area contributed by atoms with Crippen molar-refractivity contribution in [2.45, 2.75) is 31.2 Å². The quantitative estimate of drug-likeness (QED) is 0.671. The lowest BCUT2D eigenvalue weighted by molar-refractivity contribution is -0.131. The monoisotopic (exact) mass is 336 g/mol. The first-order chi connectivity index (χ1) is 10.5. The molecular weight excluding hydrogens is 316 g/mol. The van der Waals surface area contributed by atoms with E-state index in [2.05, 4.69) is 11.9 Å². The van der Waals surface area contributed by atoms with Gasteiger partial charge < -0.3 is 10.2 Å². The van der Waals surface area contributed by atoms with Crippen LogP contribution in [-0.2, 0) is 10.3 Å². The van der Waals surface area contributed by atoms with Gasteiger partial charge in [-0.1, -0.05) is 35.9 Å². The molecule has 0 aliphatic heterocycles. The topological polar surface area (TPSA) is 32.3 Å². The average Bonchev–Trinajstić information content (AvgIpc) is 2.53. The molecule has 118 valence electrons. The van der Waals surface area contributed by atoms with E-state index in [1.165, 1.54) is 0 Å². The third kappa shape index (κ3) is 3.03. The molecule has 0 spiro atoms. The third-order valence-electron chi connectivity index (χ3n) is 4.25. The van der Waals surface area contributed by atoms with Crippen molar-refractivity contribution in [3.8, 4) is 0 Å². The normalized spacial score (nSPS) is 21.3. The number of benzene rings is 1. The van der Waals surface area contributed by atoms with Crippen molar-refractivity contribution in [1.82, 2.24) is 10.2 Å². The molecule has 1 fully saturated rings. The molecule has 1 aromatic rings. The molecule has 0 radical (unpaired) electrons. The summed E-state index contributed by atoms with van der Waals surface area (Å²) in [7, 11) is 1.87. The summed E-state index contributed by atoms with van der Waals surface area (Å²) in [5, 5.41) is 4.25. The van der Waals surface area contributed by atoms with Gasteiger partial charge in [-0.25, -0.2) is 0 Å². The number of carbonyl (C=O) groups is 1. The summed E-state index contributed by atoms with van der Waals surface area (Å²) in [6.45, 7) is 4.25. The third-order valence-corrected chi connectivity index (χ3v) is 5.00. The largest absolute Gasteiger partial charge is 0.359 e.